The molecule has 0 atom stereocenters. The lowest BCUT2D eigenvalue weighted by atomic mass is 10.4. The van der Waals surface area contributed by atoms with Gasteiger partial charge in [0.2, 0.25) is 0 Å². The molecule has 0 unspecified atom stereocenters. The fraction of sp³-hybridized carbons (Fsp3) is 0.333. The van der Waals surface area contributed by atoms with Crippen LogP contribution in [0.5, 0.6) is 0 Å². The Balaban J connectivity index is 2.92. The van der Waals surface area contributed by atoms with E-state index in [2.05, 4.69) is 10.2 Å². The van der Waals surface area contributed by atoms with Crippen molar-refractivity contribution in [2.24, 2.45) is 0 Å². The Labute approximate surface area is 64.1 Å². The van der Waals surface area contributed by atoms with Crippen molar-refractivity contribution in [1.29, 1.82) is 5.41 Å². The number of H-pyrrole nitrogens is 1. The minimum atomic E-state index is 0.0531. The molecule has 0 aromatic carbocycles. The summed E-state index contributed by atoms with van der Waals surface area (Å²) in [6.07, 6.45) is 1.58. The van der Waals surface area contributed by atoms with E-state index in [1.807, 2.05) is 0 Å². The van der Waals surface area contributed by atoms with E-state index in [1.54, 1.807) is 13.1 Å². The van der Waals surface area contributed by atoms with Gasteiger partial charge in [-0.25, -0.2) is 0 Å². The third kappa shape index (κ3) is 1.38. The number of rotatable bonds is 1. The average Bonchev–Trinajstić information content (AvgIpc) is 2.33. The third-order valence-electron chi connectivity index (χ3n) is 1.33. The van der Waals surface area contributed by atoms with Gasteiger partial charge in [0.1, 0.15) is 5.84 Å². The van der Waals surface area contributed by atoms with Gasteiger partial charge in [-0.3, -0.25) is 15.7 Å². The Morgan fingerprint density at radius 1 is 1.82 bits per heavy atom. The van der Waals surface area contributed by atoms with E-state index in [4.69, 9.17) is 5.41 Å². The second-order valence-electron chi connectivity index (χ2n) is 2.30. The molecule has 0 aliphatic heterocycles. The number of nitrogens with one attached hydrogen (secondary N) is 2. The summed E-state index contributed by atoms with van der Waals surface area (Å²) in [6.45, 7) is 3.28. The monoisotopic (exact) mass is 154 g/mol. The van der Waals surface area contributed by atoms with Gasteiger partial charge in [0.15, 0.2) is 5.82 Å². The highest BCUT2D eigenvalue weighted by Gasteiger charge is 2.08. The first-order chi connectivity index (χ1) is 5.13. The predicted octanol–water partition coefficient (Wildman–Crippen LogP) is 0.911. The summed E-state index contributed by atoms with van der Waals surface area (Å²) in [5.41, 5.74) is 0.805. The minimum absolute atomic E-state index is 0.0531. The number of amidine groups is 1. The Hall–Kier alpha value is -1.36. The highest BCUT2D eigenvalue weighted by Crippen LogP contribution is 2.12. The first-order valence-electron chi connectivity index (χ1n) is 3.17. The Morgan fingerprint density at radius 2 is 2.45 bits per heavy atom. The van der Waals surface area contributed by atoms with Crippen LogP contribution in [0.2, 0.25) is 0 Å². The van der Waals surface area contributed by atoms with E-state index in [9.17, 15) is 5.21 Å². The lowest BCUT2D eigenvalue weighted by Gasteiger charge is -2.12. The first kappa shape index (κ1) is 7.74. The smallest absolute Gasteiger partial charge is 0.158 e. The van der Waals surface area contributed by atoms with Crippen molar-refractivity contribution < 1.29 is 5.21 Å². The molecule has 0 aliphatic carbocycles. The van der Waals surface area contributed by atoms with E-state index in [0.29, 0.717) is 5.82 Å². The molecule has 5 heteroatoms. The van der Waals surface area contributed by atoms with Gasteiger partial charge in [-0.05, 0) is 13.8 Å². The van der Waals surface area contributed by atoms with Gasteiger partial charge in [0, 0.05) is 5.56 Å². The molecular weight excluding hydrogens is 144 g/mol. The maximum Gasteiger partial charge on any atom is 0.158 e. The van der Waals surface area contributed by atoms with E-state index in [1.165, 1.54) is 6.92 Å². The van der Waals surface area contributed by atoms with Crippen LogP contribution in [0.4, 0.5) is 5.82 Å². The molecule has 0 aliphatic rings. The summed E-state index contributed by atoms with van der Waals surface area (Å²) >= 11 is 0. The highest BCUT2D eigenvalue weighted by atomic mass is 16.5. The van der Waals surface area contributed by atoms with Gasteiger partial charge in [-0.2, -0.15) is 10.2 Å². The van der Waals surface area contributed by atoms with Gasteiger partial charge in [-0.1, -0.05) is 0 Å². The molecule has 11 heavy (non-hydrogen) atoms. The van der Waals surface area contributed by atoms with Gasteiger partial charge in [0.05, 0.1) is 6.20 Å². The molecule has 0 saturated carbocycles. The SMILES string of the molecule is CC(=N)N(O)c1[nH]ncc1C. The molecule has 60 valence electrons. The van der Waals surface area contributed by atoms with Crippen LogP contribution in [-0.4, -0.2) is 21.2 Å². The predicted molar refractivity (Wildman–Crippen MR) is 41.0 cm³/mol. The van der Waals surface area contributed by atoms with Gasteiger partial charge < -0.3 is 0 Å². The molecule has 3 N–H and O–H groups in total. The van der Waals surface area contributed by atoms with Crippen molar-refractivity contribution in [3.05, 3.63) is 11.8 Å². The number of hydrogen-bond acceptors (Lipinski definition) is 3. The standard InChI is InChI=1S/C6H10N4O/c1-4-3-8-9-6(4)10(11)5(2)7/h3,7,11H,1-2H3,(H,8,9). The van der Waals surface area contributed by atoms with Crippen LogP contribution in [0.3, 0.4) is 0 Å². The van der Waals surface area contributed by atoms with Crippen molar-refractivity contribution in [3.8, 4) is 0 Å². The summed E-state index contributed by atoms with van der Waals surface area (Å²) in [5, 5.41) is 23.3. The Morgan fingerprint density at radius 3 is 2.82 bits per heavy atom. The van der Waals surface area contributed by atoms with E-state index in [0.717, 1.165) is 10.6 Å². The number of hydroxylamine groups is 1. The molecule has 5 nitrogen and oxygen atoms in total. The summed E-state index contributed by atoms with van der Waals surface area (Å²) in [6, 6.07) is 0. The van der Waals surface area contributed by atoms with Crippen LogP contribution >= 0.6 is 0 Å². The Kier molecular flexibility index (Phi) is 1.91. The van der Waals surface area contributed by atoms with Crippen molar-refractivity contribution in [3.63, 3.8) is 0 Å². The third-order valence-corrected chi connectivity index (χ3v) is 1.33. The van der Waals surface area contributed by atoms with Crippen LogP contribution < -0.4 is 5.06 Å². The largest absolute Gasteiger partial charge is 0.286 e. The van der Waals surface area contributed by atoms with Crippen LogP contribution in [0.1, 0.15) is 12.5 Å². The maximum absolute atomic E-state index is 9.21. The maximum atomic E-state index is 9.21. The molecule has 1 heterocycles. The highest BCUT2D eigenvalue weighted by molar-refractivity contribution is 5.90. The summed E-state index contributed by atoms with van der Waals surface area (Å²) in [7, 11) is 0. The molecule has 0 saturated heterocycles. The van der Waals surface area contributed by atoms with Crippen LogP contribution in [0.15, 0.2) is 6.20 Å². The quantitative estimate of drug-likeness (QED) is 0.319. The average molecular weight is 154 g/mol. The fourth-order valence-corrected chi connectivity index (χ4v) is 0.722. The topological polar surface area (TPSA) is 76.0 Å². The van der Waals surface area contributed by atoms with Gasteiger partial charge in [0.25, 0.3) is 0 Å². The molecule has 0 fully saturated rings. The second kappa shape index (κ2) is 2.71. The molecule has 0 amide bonds. The summed E-state index contributed by atoms with van der Waals surface area (Å²) in [4.78, 5) is 0. The lowest BCUT2D eigenvalue weighted by molar-refractivity contribution is 0.307. The van der Waals surface area contributed by atoms with E-state index >= 15 is 0 Å². The number of aromatic amines is 1. The van der Waals surface area contributed by atoms with Crippen molar-refractivity contribution in [2.45, 2.75) is 13.8 Å². The van der Waals surface area contributed by atoms with E-state index in [-0.39, 0.29) is 5.84 Å². The van der Waals surface area contributed by atoms with Crippen LogP contribution in [-0.2, 0) is 0 Å². The molecule has 0 bridgehead atoms. The zero-order valence-corrected chi connectivity index (χ0v) is 6.42. The van der Waals surface area contributed by atoms with Crippen LogP contribution in [0, 0.1) is 12.3 Å². The zero-order chi connectivity index (χ0) is 8.43. The van der Waals surface area contributed by atoms with Crippen molar-refractivity contribution >= 4 is 11.7 Å². The van der Waals surface area contributed by atoms with E-state index < -0.39 is 0 Å². The fourth-order valence-electron chi connectivity index (χ4n) is 0.722. The van der Waals surface area contributed by atoms with Crippen LogP contribution in [0.25, 0.3) is 0 Å². The summed E-state index contributed by atoms with van der Waals surface area (Å²) in [5.74, 6) is 0.495. The van der Waals surface area contributed by atoms with Gasteiger partial charge in [-0.15, -0.1) is 0 Å². The number of aryl methyl sites for hydroxylation is 1. The number of nitrogens with zero attached hydrogens (tertiary/aromatic N) is 2. The Bertz CT molecular complexity index is 267. The van der Waals surface area contributed by atoms with Gasteiger partial charge >= 0.3 is 0 Å². The minimum Gasteiger partial charge on any atom is -0.286 e. The molecular formula is C6H10N4O. The molecule has 0 radical (unpaired) electrons. The number of aromatic nitrogens is 2. The lowest BCUT2D eigenvalue weighted by Crippen LogP contribution is -2.24. The molecule has 1 rings (SSSR count). The second-order valence-corrected chi connectivity index (χ2v) is 2.30. The number of hydrogen-bond donors (Lipinski definition) is 3. The number of anilines is 1. The summed E-state index contributed by atoms with van der Waals surface area (Å²) < 4.78 is 0. The van der Waals surface area contributed by atoms with Crippen molar-refractivity contribution in [1.82, 2.24) is 10.2 Å². The molecule has 0 spiro atoms. The molecule has 1 aromatic rings. The first-order valence-corrected chi connectivity index (χ1v) is 3.17. The normalized spacial score (nSPS) is 9.73. The van der Waals surface area contributed by atoms with Crippen molar-refractivity contribution in [2.75, 3.05) is 5.06 Å². The molecule has 1 aromatic heterocycles. The zero-order valence-electron chi connectivity index (χ0n) is 6.42.